The van der Waals surface area contributed by atoms with E-state index in [0.29, 0.717) is 34.7 Å². The molecular weight excluding hydrogens is 614 g/mol. The van der Waals surface area contributed by atoms with Crippen LogP contribution in [0.25, 0.3) is 0 Å². The average molecular weight is 676 g/mol. The van der Waals surface area contributed by atoms with Crippen molar-refractivity contribution in [3.8, 4) is 0 Å². The quantitative estimate of drug-likeness (QED) is 0.126. The molecule has 5 aliphatic rings. The third kappa shape index (κ3) is 7.88. The molecule has 0 unspecified atom stereocenters. The molecule has 1 saturated heterocycles. The van der Waals surface area contributed by atoms with Gasteiger partial charge in [0.05, 0.1) is 6.10 Å². The average Bonchev–Trinajstić information content (AvgIpc) is 3.37. The van der Waals surface area contributed by atoms with E-state index in [0.717, 1.165) is 68.4 Å². The monoisotopic (exact) mass is 675 g/mol. The lowest BCUT2D eigenvalue weighted by atomic mass is 9.47. The van der Waals surface area contributed by atoms with Crippen LogP contribution in [0.1, 0.15) is 125 Å². The number of fused-ring (bicyclic) bond motifs is 5. The maximum absolute atomic E-state index is 11.2. The molecule has 0 spiro atoms. The summed E-state index contributed by atoms with van der Waals surface area (Å²) >= 11 is 0. The van der Waals surface area contributed by atoms with Gasteiger partial charge in [-0.05, 0) is 117 Å². The summed E-state index contributed by atoms with van der Waals surface area (Å²) in [5.74, 6) is 5.66. The van der Waals surface area contributed by atoms with E-state index >= 15 is 0 Å². The fourth-order valence-corrected chi connectivity index (χ4v) is 11.2. The van der Waals surface area contributed by atoms with Crippen LogP contribution in [0.15, 0.2) is 17.7 Å². The van der Waals surface area contributed by atoms with Crippen molar-refractivity contribution in [2.24, 2.45) is 46.3 Å². The maximum Gasteiger partial charge on any atom is 0.397 e. The Bertz CT molecular complexity index is 1440. The Morgan fingerprint density at radius 1 is 1.06 bits per heavy atom. The van der Waals surface area contributed by atoms with Gasteiger partial charge in [-0.2, -0.15) is 13.4 Å². The number of rotatable bonds is 8. The molecule has 1 aliphatic heterocycles. The number of nitrogens with one attached hydrogen (secondary N) is 1. The molecule has 0 bridgehead atoms. The van der Waals surface area contributed by atoms with Gasteiger partial charge in [0.2, 0.25) is 0 Å². The van der Waals surface area contributed by atoms with Crippen LogP contribution in [0.3, 0.4) is 0 Å². The molecular formula is C36H61N5O5S. The van der Waals surface area contributed by atoms with Gasteiger partial charge in [0.1, 0.15) is 11.6 Å². The number of nitrogens with two attached hydrogens (primary N) is 1. The van der Waals surface area contributed by atoms with Crippen molar-refractivity contribution in [2.45, 2.75) is 131 Å². The normalized spacial score (nSPS) is 34.4. The zero-order valence-corrected chi connectivity index (χ0v) is 30.3. The Morgan fingerprint density at radius 3 is 2.45 bits per heavy atom. The first kappa shape index (κ1) is 36.2. The number of anilines is 2. The van der Waals surface area contributed by atoms with E-state index in [1.807, 2.05) is 0 Å². The molecule has 1 aromatic heterocycles. The number of hydrogen-bond acceptors (Lipinski definition) is 8. The fourth-order valence-electron chi connectivity index (χ4n) is 10.7. The van der Waals surface area contributed by atoms with Crippen LogP contribution in [0, 0.1) is 51.7 Å². The lowest BCUT2D eigenvalue weighted by Gasteiger charge is -2.58. The van der Waals surface area contributed by atoms with Crippen molar-refractivity contribution < 1.29 is 22.4 Å². The highest BCUT2D eigenvalue weighted by Gasteiger charge is 2.59. The first-order chi connectivity index (χ1) is 22.1. The molecule has 266 valence electrons. The highest BCUT2D eigenvalue weighted by molar-refractivity contribution is 7.80. The van der Waals surface area contributed by atoms with Gasteiger partial charge in [0.15, 0.2) is 0 Å². The summed E-state index contributed by atoms with van der Waals surface area (Å²) in [5, 5.41) is 16.7. The van der Waals surface area contributed by atoms with Gasteiger partial charge in [-0.25, -0.2) is 4.18 Å². The van der Waals surface area contributed by atoms with Crippen molar-refractivity contribution in [2.75, 3.05) is 23.7 Å². The first-order valence-corrected chi connectivity index (χ1v) is 19.7. The number of nitrogen functional groups attached to an aromatic ring is 1. The first-order valence-electron chi connectivity index (χ1n) is 18.4. The molecule has 8 atom stereocenters. The van der Waals surface area contributed by atoms with Crippen LogP contribution in [0.5, 0.6) is 0 Å². The summed E-state index contributed by atoms with van der Waals surface area (Å²) in [4.78, 5) is 6.08. The van der Waals surface area contributed by atoms with E-state index in [9.17, 15) is 13.6 Å². The van der Waals surface area contributed by atoms with Crippen LogP contribution in [0.4, 0.5) is 11.6 Å². The van der Waals surface area contributed by atoms with Crippen molar-refractivity contribution in [1.82, 2.24) is 9.71 Å². The Morgan fingerprint density at radius 2 is 1.79 bits per heavy atom. The molecule has 2 heterocycles. The number of piperidine rings is 1. The molecule has 0 radical (unpaired) electrons. The minimum absolute atomic E-state index is 0.149. The molecule has 0 aromatic carbocycles. The van der Waals surface area contributed by atoms with E-state index < -0.39 is 16.5 Å². The molecule has 11 heteroatoms. The van der Waals surface area contributed by atoms with E-state index in [-0.39, 0.29) is 16.9 Å². The number of nitrogens with zero attached hydrogens (tertiary/aromatic N) is 3. The Kier molecular flexibility index (Phi) is 11.1. The summed E-state index contributed by atoms with van der Waals surface area (Å²) in [6.07, 6.45) is 18.6. The molecule has 4 fully saturated rings. The topological polar surface area (TPSA) is 155 Å². The van der Waals surface area contributed by atoms with Crippen LogP contribution >= 0.6 is 0 Å². The van der Waals surface area contributed by atoms with Crippen molar-refractivity contribution in [1.29, 1.82) is 5.41 Å². The smallest absolute Gasteiger partial charge is 0.397 e. The van der Waals surface area contributed by atoms with Gasteiger partial charge in [-0.15, -0.1) is 4.73 Å². The second-order valence-electron chi connectivity index (χ2n) is 16.4. The molecule has 1 aromatic rings. The molecule has 47 heavy (non-hydrogen) atoms. The molecule has 10 nitrogen and oxygen atoms in total. The van der Waals surface area contributed by atoms with Crippen molar-refractivity contribution in [3.63, 3.8) is 0 Å². The predicted octanol–water partition coefficient (Wildman–Crippen LogP) is 7.39. The van der Waals surface area contributed by atoms with Gasteiger partial charge >= 0.3 is 10.4 Å². The summed E-state index contributed by atoms with van der Waals surface area (Å²) in [6.45, 7) is 14.2. The second-order valence-corrected chi connectivity index (χ2v) is 17.4. The summed E-state index contributed by atoms with van der Waals surface area (Å²) in [7, 11) is -4.38. The zero-order valence-electron chi connectivity index (χ0n) is 29.5. The third-order valence-electron chi connectivity index (χ3n) is 13.1. The van der Waals surface area contributed by atoms with Gasteiger partial charge in [0, 0.05) is 19.2 Å². The summed E-state index contributed by atoms with van der Waals surface area (Å²) < 4.78 is 37.1. The van der Waals surface area contributed by atoms with E-state index in [1.165, 1.54) is 56.9 Å². The molecule has 3 saturated carbocycles. The Labute approximate surface area is 283 Å². The Hall–Kier alpha value is -2.11. The van der Waals surface area contributed by atoms with E-state index in [2.05, 4.69) is 50.6 Å². The van der Waals surface area contributed by atoms with Crippen LogP contribution in [-0.2, 0) is 14.6 Å². The summed E-state index contributed by atoms with van der Waals surface area (Å²) in [6, 6.07) is 1.60. The number of aromatic nitrogens is 2. The van der Waals surface area contributed by atoms with Gasteiger partial charge < -0.3 is 15.8 Å². The van der Waals surface area contributed by atoms with Gasteiger partial charge in [-0.1, -0.05) is 65.5 Å². The fraction of sp³-hybridized carbons (Fsp3) is 0.833. The van der Waals surface area contributed by atoms with Crippen LogP contribution in [0.2, 0.25) is 0 Å². The van der Waals surface area contributed by atoms with Crippen LogP contribution < -0.4 is 16.3 Å². The maximum atomic E-state index is 11.2. The predicted molar refractivity (Wildman–Crippen MR) is 185 cm³/mol. The summed E-state index contributed by atoms with van der Waals surface area (Å²) in [5.41, 5.74) is 7.38. The van der Waals surface area contributed by atoms with Gasteiger partial charge in [0.25, 0.3) is 5.62 Å². The minimum atomic E-state index is -4.38. The molecule has 0 amide bonds. The lowest BCUT2D eigenvalue weighted by molar-refractivity contribution is -0.0560. The standard InChI is InChI=1S/C27H46O4S.C9H15N5O/c1-18(2)7-6-8-19(3)23-11-12-24-22-10-9-20-17-21(31-32(28,29)30)13-15-26(20,4)25(22)14-16-27(23,24)5;10-7-6-8(12-9(11)14(7)15)13-4-2-1-3-5-13/h9,18-19,21-25H,6-8,10-17H2,1-5H3,(H,28,29,30);6,11,15H,1-5,10H2/t19-,21+,22+,23-,24+,25+,26+,27-;/m1./s1. The largest absolute Gasteiger partial charge is 0.423 e. The molecule has 5 N–H and O–H groups in total. The minimum Gasteiger partial charge on any atom is -0.423 e. The highest BCUT2D eigenvalue weighted by atomic mass is 32.3. The highest BCUT2D eigenvalue weighted by Crippen LogP contribution is 2.67. The number of allylic oxidation sites excluding steroid dienone is 1. The lowest BCUT2D eigenvalue weighted by Crippen LogP contribution is -2.51. The molecule has 6 rings (SSSR count). The van der Waals surface area contributed by atoms with Crippen molar-refractivity contribution >= 4 is 22.0 Å². The van der Waals surface area contributed by atoms with Crippen molar-refractivity contribution in [3.05, 3.63) is 23.3 Å². The molecule has 4 aliphatic carbocycles. The Balaban J connectivity index is 0.000000241. The third-order valence-corrected chi connectivity index (χ3v) is 13.7. The van der Waals surface area contributed by atoms with Crippen LogP contribution in [-0.4, -0.2) is 47.1 Å². The van der Waals surface area contributed by atoms with E-state index in [1.54, 1.807) is 6.07 Å². The second kappa shape index (κ2) is 14.4. The van der Waals surface area contributed by atoms with E-state index in [4.69, 9.17) is 19.9 Å². The SMILES string of the molecule is CC(C)CCC[C@@H](C)[C@H]1CC[C@H]2[C@@H]3CC=C4C[C@@H](OS(=O)(=O)O)CC[C@]4(C)[C@H]3CC[C@]12C.N=c1nc(N2CCCCC2)cc(N)n1O. The number of hydrogen-bond donors (Lipinski definition) is 4. The zero-order chi connectivity index (χ0) is 34.1. The van der Waals surface area contributed by atoms with Gasteiger partial charge in [-0.3, -0.25) is 9.96 Å².